The van der Waals surface area contributed by atoms with Crippen molar-refractivity contribution in [2.24, 2.45) is 0 Å². The molecule has 4 rings (SSSR count). The Labute approximate surface area is 159 Å². The third-order valence-corrected chi connectivity index (χ3v) is 6.04. The maximum Gasteiger partial charge on any atom is 0.259 e. The van der Waals surface area contributed by atoms with Crippen LogP contribution < -0.4 is 10.1 Å². The first-order valence-corrected chi connectivity index (χ1v) is 9.67. The monoisotopic (exact) mass is 369 g/mol. The summed E-state index contributed by atoms with van der Waals surface area (Å²) in [6.07, 6.45) is 3.71. The Bertz CT molecular complexity index is 817. The van der Waals surface area contributed by atoms with Gasteiger partial charge in [-0.1, -0.05) is 23.4 Å². The molecule has 0 bridgehead atoms. The van der Waals surface area contributed by atoms with Gasteiger partial charge in [0.05, 0.1) is 5.69 Å². The van der Waals surface area contributed by atoms with Gasteiger partial charge in [0, 0.05) is 31.7 Å². The molecule has 2 aromatic rings. The molecule has 1 aliphatic heterocycles. The van der Waals surface area contributed by atoms with Crippen LogP contribution in [0.5, 0.6) is 5.75 Å². The Morgan fingerprint density at radius 2 is 2.00 bits per heavy atom. The van der Waals surface area contributed by atoms with Crippen molar-refractivity contribution >= 4 is 5.91 Å². The highest BCUT2D eigenvalue weighted by molar-refractivity contribution is 5.96. The number of hydrogen-bond acceptors (Lipinski definition) is 5. The van der Waals surface area contributed by atoms with Gasteiger partial charge in [0.1, 0.15) is 22.7 Å². The molecule has 1 spiro atoms. The van der Waals surface area contributed by atoms with Gasteiger partial charge in [-0.15, -0.1) is 0 Å². The molecule has 2 aliphatic rings. The van der Waals surface area contributed by atoms with Crippen molar-refractivity contribution in [3.05, 3.63) is 46.8 Å². The van der Waals surface area contributed by atoms with Gasteiger partial charge >= 0.3 is 0 Å². The van der Waals surface area contributed by atoms with E-state index in [-0.39, 0.29) is 17.6 Å². The Morgan fingerprint density at radius 1 is 1.26 bits per heavy atom. The molecule has 1 amide bonds. The molecule has 1 aliphatic carbocycles. The number of nitrogens with zero attached hydrogens (tertiary/aromatic N) is 2. The van der Waals surface area contributed by atoms with E-state index < -0.39 is 0 Å². The van der Waals surface area contributed by atoms with Crippen LogP contribution in [0.25, 0.3) is 0 Å². The zero-order valence-corrected chi connectivity index (χ0v) is 16.2. The molecule has 27 heavy (non-hydrogen) atoms. The molecule has 0 atom stereocenters. The molecule has 6 heteroatoms. The van der Waals surface area contributed by atoms with Crippen LogP contribution >= 0.6 is 0 Å². The summed E-state index contributed by atoms with van der Waals surface area (Å²) in [5.41, 5.74) is 2.28. The Hall–Kier alpha value is -2.34. The van der Waals surface area contributed by atoms with Crippen LogP contribution in [0.2, 0.25) is 0 Å². The second-order valence-corrected chi connectivity index (χ2v) is 7.84. The zero-order chi connectivity index (χ0) is 19.0. The van der Waals surface area contributed by atoms with Gasteiger partial charge in [0.25, 0.3) is 5.91 Å². The average molecular weight is 369 g/mol. The number of rotatable bonds is 2. The van der Waals surface area contributed by atoms with E-state index in [9.17, 15) is 4.79 Å². The fourth-order valence-corrected chi connectivity index (χ4v) is 4.37. The van der Waals surface area contributed by atoms with Crippen molar-refractivity contribution in [1.82, 2.24) is 15.4 Å². The summed E-state index contributed by atoms with van der Waals surface area (Å²) < 4.78 is 11.7. The largest absolute Gasteiger partial charge is 0.486 e. The normalized spacial score (nSPS) is 24.8. The van der Waals surface area contributed by atoms with E-state index in [2.05, 4.69) is 22.6 Å². The van der Waals surface area contributed by atoms with Crippen molar-refractivity contribution in [1.29, 1.82) is 0 Å². The molecule has 2 heterocycles. The standard InChI is InChI=1S/C21H27N3O3/c1-14-19(15(2)27-23-14)20(25)24(3)17-8-10-21(11-9-17)13-22-12-16-6-4-5-7-18(16)26-21/h4-7,17,22H,8-13H2,1-3H3. The number of amides is 1. The maximum atomic E-state index is 12.9. The third kappa shape index (κ3) is 3.34. The first-order valence-electron chi connectivity index (χ1n) is 9.67. The first-order chi connectivity index (χ1) is 13.0. The topological polar surface area (TPSA) is 67.6 Å². The minimum Gasteiger partial charge on any atom is -0.486 e. The highest BCUT2D eigenvalue weighted by atomic mass is 16.5. The number of carbonyl (C=O) groups excluding carboxylic acids is 1. The summed E-state index contributed by atoms with van der Waals surface area (Å²) in [7, 11) is 1.89. The molecule has 6 nitrogen and oxygen atoms in total. The lowest BCUT2D eigenvalue weighted by Gasteiger charge is -2.42. The predicted molar refractivity (Wildman–Crippen MR) is 102 cm³/mol. The van der Waals surface area contributed by atoms with Crippen molar-refractivity contribution in [2.75, 3.05) is 13.6 Å². The fourth-order valence-electron chi connectivity index (χ4n) is 4.37. The number of aryl methyl sites for hydroxylation is 2. The van der Waals surface area contributed by atoms with Crippen LogP contribution in [0.4, 0.5) is 0 Å². The van der Waals surface area contributed by atoms with Crippen LogP contribution in [0.3, 0.4) is 0 Å². The summed E-state index contributed by atoms with van der Waals surface area (Å²) in [5.74, 6) is 1.57. The maximum absolute atomic E-state index is 12.9. The molecule has 1 N–H and O–H groups in total. The number of aromatic nitrogens is 1. The lowest BCUT2D eigenvalue weighted by atomic mass is 9.81. The first kappa shape index (κ1) is 18.0. The van der Waals surface area contributed by atoms with Crippen molar-refractivity contribution in [3.63, 3.8) is 0 Å². The number of para-hydroxylation sites is 1. The van der Waals surface area contributed by atoms with Crippen LogP contribution in [0, 0.1) is 13.8 Å². The Morgan fingerprint density at radius 3 is 2.70 bits per heavy atom. The second-order valence-electron chi connectivity index (χ2n) is 7.84. The van der Waals surface area contributed by atoms with E-state index in [1.807, 2.05) is 31.0 Å². The summed E-state index contributed by atoms with van der Waals surface area (Å²) >= 11 is 0. The van der Waals surface area contributed by atoms with Crippen molar-refractivity contribution in [2.45, 2.75) is 57.7 Å². The molecule has 144 valence electrons. The van der Waals surface area contributed by atoms with E-state index >= 15 is 0 Å². The van der Waals surface area contributed by atoms with Gasteiger partial charge < -0.3 is 19.5 Å². The van der Waals surface area contributed by atoms with E-state index in [1.165, 1.54) is 5.56 Å². The van der Waals surface area contributed by atoms with E-state index in [0.717, 1.165) is 44.5 Å². The number of benzene rings is 1. The fraction of sp³-hybridized carbons (Fsp3) is 0.524. The quantitative estimate of drug-likeness (QED) is 0.880. The summed E-state index contributed by atoms with van der Waals surface area (Å²) in [5, 5.41) is 7.46. The molecule has 1 aromatic heterocycles. The van der Waals surface area contributed by atoms with E-state index in [4.69, 9.17) is 9.26 Å². The minimum atomic E-state index is -0.185. The van der Waals surface area contributed by atoms with Gasteiger partial charge in [0.15, 0.2) is 0 Å². The molecular formula is C21H27N3O3. The average Bonchev–Trinajstić information content (AvgIpc) is 2.90. The van der Waals surface area contributed by atoms with Crippen molar-refractivity contribution in [3.8, 4) is 5.75 Å². The molecular weight excluding hydrogens is 342 g/mol. The molecule has 1 saturated carbocycles. The third-order valence-electron chi connectivity index (χ3n) is 6.04. The Kier molecular flexibility index (Phi) is 4.68. The number of nitrogens with one attached hydrogen (secondary N) is 1. The lowest BCUT2D eigenvalue weighted by Crippen LogP contribution is -2.51. The smallest absolute Gasteiger partial charge is 0.259 e. The highest BCUT2D eigenvalue weighted by Crippen LogP contribution is 2.37. The van der Waals surface area contributed by atoms with Crippen LogP contribution in [0.15, 0.2) is 28.8 Å². The zero-order valence-electron chi connectivity index (χ0n) is 16.2. The molecule has 1 fully saturated rings. The molecule has 0 radical (unpaired) electrons. The van der Waals surface area contributed by atoms with E-state index in [0.29, 0.717) is 17.0 Å². The van der Waals surface area contributed by atoms with Gasteiger partial charge in [-0.05, 0) is 45.6 Å². The minimum absolute atomic E-state index is 0.00236. The number of fused-ring (bicyclic) bond motifs is 1. The summed E-state index contributed by atoms with van der Waals surface area (Å²) in [4.78, 5) is 14.8. The van der Waals surface area contributed by atoms with Gasteiger partial charge in [0.2, 0.25) is 0 Å². The summed E-state index contributed by atoms with van der Waals surface area (Å²) in [6.45, 7) is 5.29. The van der Waals surface area contributed by atoms with Gasteiger partial charge in [-0.2, -0.15) is 0 Å². The van der Waals surface area contributed by atoms with Gasteiger partial charge in [-0.25, -0.2) is 0 Å². The van der Waals surface area contributed by atoms with E-state index in [1.54, 1.807) is 6.92 Å². The lowest BCUT2D eigenvalue weighted by molar-refractivity contribution is 0.0101. The van der Waals surface area contributed by atoms with Crippen LogP contribution in [0.1, 0.15) is 53.1 Å². The summed E-state index contributed by atoms with van der Waals surface area (Å²) in [6, 6.07) is 8.46. The van der Waals surface area contributed by atoms with Crippen LogP contribution in [-0.2, 0) is 6.54 Å². The molecule has 0 saturated heterocycles. The SMILES string of the molecule is Cc1noc(C)c1C(=O)N(C)C1CCC2(CC1)CNCc1ccccc1O2. The van der Waals surface area contributed by atoms with Crippen molar-refractivity contribution < 1.29 is 14.1 Å². The van der Waals surface area contributed by atoms with Crippen LogP contribution in [-0.4, -0.2) is 41.2 Å². The second kappa shape index (κ2) is 7.00. The highest BCUT2D eigenvalue weighted by Gasteiger charge is 2.40. The number of hydrogen-bond donors (Lipinski definition) is 1. The molecule has 1 aromatic carbocycles. The Balaban J connectivity index is 1.45. The number of ether oxygens (including phenoxy) is 1. The predicted octanol–water partition coefficient (Wildman–Crippen LogP) is 3.23. The number of carbonyl (C=O) groups is 1. The molecule has 0 unspecified atom stereocenters. The van der Waals surface area contributed by atoms with Gasteiger partial charge in [-0.3, -0.25) is 4.79 Å².